The normalized spacial score (nSPS) is 14.8. The van der Waals surface area contributed by atoms with Gasteiger partial charge in [0.2, 0.25) is 5.95 Å². The third-order valence-corrected chi connectivity index (χ3v) is 6.06. The van der Waals surface area contributed by atoms with Crippen molar-refractivity contribution in [3.63, 3.8) is 0 Å². The molecule has 1 aromatic heterocycles. The number of nitrogens with zero attached hydrogens (tertiary/aromatic N) is 4. The fraction of sp³-hybridized carbons (Fsp3) is 0.185. The number of aromatic nitrogens is 4. The van der Waals surface area contributed by atoms with Crippen LogP contribution in [0.1, 0.15) is 35.2 Å². The molecular weight excluding hydrogens is 440 g/mol. The highest BCUT2D eigenvalue weighted by atomic mass is 16.5. The van der Waals surface area contributed by atoms with Crippen molar-refractivity contribution in [2.24, 2.45) is 0 Å². The van der Waals surface area contributed by atoms with Crippen LogP contribution in [0.5, 0.6) is 5.75 Å². The summed E-state index contributed by atoms with van der Waals surface area (Å²) in [6.45, 7) is 6.36. The molecule has 5 rings (SSSR count). The monoisotopic (exact) mass is 466 g/mol. The lowest BCUT2D eigenvalue weighted by atomic mass is 9.94. The number of hydrogen-bond donors (Lipinski definition) is 2. The van der Waals surface area contributed by atoms with Crippen molar-refractivity contribution in [1.29, 1.82) is 0 Å². The van der Waals surface area contributed by atoms with Gasteiger partial charge in [0.05, 0.1) is 5.57 Å². The van der Waals surface area contributed by atoms with Crippen LogP contribution >= 0.6 is 0 Å². The lowest BCUT2D eigenvalue weighted by Crippen LogP contribution is -2.31. The fourth-order valence-corrected chi connectivity index (χ4v) is 4.24. The number of carbonyl (C=O) groups is 1. The summed E-state index contributed by atoms with van der Waals surface area (Å²) in [4.78, 5) is 13.5. The van der Waals surface area contributed by atoms with Crippen molar-refractivity contribution in [2.75, 3.05) is 10.6 Å². The first-order valence-corrected chi connectivity index (χ1v) is 11.4. The Morgan fingerprint density at radius 2 is 1.86 bits per heavy atom. The van der Waals surface area contributed by atoms with E-state index in [1.165, 1.54) is 5.56 Å². The molecule has 0 saturated heterocycles. The summed E-state index contributed by atoms with van der Waals surface area (Å²) in [5.74, 6) is 0.957. The van der Waals surface area contributed by atoms with Gasteiger partial charge in [0.1, 0.15) is 18.4 Å². The first-order chi connectivity index (χ1) is 17.0. The number of fused-ring (bicyclic) bond motifs is 1. The topological polar surface area (TPSA) is 94.0 Å². The molecular formula is C27H26N6O2. The van der Waals surface area contributed by atoms with Crippen molar-refractivity contribution < 1.29 is 9.53 Å². The predicted octanol–water partition coefficient (Wildman–Crippen LogP) is 4.80. The summed E-state index contributed by atoms with van der Waals surface area (Å²) >= 11 is 0. The number of carbonyl (C=O) groups excluding carboxylic acids is 1. The molecule has 2 N–H and O–H groups in total. The molecule has 0 aliphatic carbocycles. The number of tetrazole rings is 1. The zero-order chi connectivity index (χ0) is 24.4. The van der Waals surface area contributed by atoms with Gasteiger partial charge in [-0.3, -0.25) is 4.79 Å². The molecule has 8 heteroatoms. The molecule has 1 amide bonds. The number of hydrogen-bond acceptors (Lipinski definition) is 6. The largest absolute Gasteiger partial charge is 0.489 e. The highest BCUT2D eigenvalue weighted by Gasteiger charge is 2.34. The third-order valence-electron chi connectivity index (χ3n) is 6.06. The van der Waals surface area contributed by atoms with E-state index in [9.17, 15) is 4.79 Å². The predicted molar refractivity (Wildman–Crippen MR) is 134 cm³/mol. The van der Waals surface area contributed by atoms with Gasteiger partial charge in [-0.15, -0.1) is 0 Å². The summed E-state index contributed by atoms with van der Waals surface area (Å²) in [7, 11) is 0. The number of nitrogens with one attached hydrogen (secondary N) is 2. The smallest absolute Gasteiger partial charge is 0.255 e. The van der Waals surface area contributed by atoms with Gasteiger partial charge in [0, 0.05) is 11.4 Å². The standard InChI is InChI=1S/C27H26N6O2/c1-17-8-6-12-22(14-17)29-26(34)24-19(3)28-27-30-31-32-33(27)25(24)20-11-7-13-23(15-20)35-16-21-10-5-4-9-18(21)2/h4-15,25H,16H2,1-3H3,(H,29,34)(H,28,30,32). The Bertz CT molecular complexity index is 1420. The van der Waals surface area contributed by atoms with Gasteiger partial charge in [-0.1, -0.05) is 53.6 Å². The minimum absolute atomic E-state index is 0.224. The molecule has 0 fully saturated rings. The van der Waals surface area contributed by atoms with E-state index in [4.69, 9.17) is 4.74 Å². The molecule has 1 aliphatic rings. The van der Waals surface area contributed by atoms with Crippen molar-refractivity contribution in [3.05, 3.63) is 106 Å². The second-order valence-corrected chi connectivity index (χ2v) is 8.62. The molecule has 3 aromatic carbocycles. The Morgan fingerprint density at radius 1 is 1.03 bits per heavy atom. The minimum Gasteiger partial charge on any atom is -0.489 e. The lowest BCUT2D eigenvalue weighted by molar-refractivity contribution is -0.113. The van der Waals surface area contributed by atoms with E-state index in [1.807, 2.05) is 74.5 Å². The average molecular weight is 467 g/mol. The van der Waals surface area contributed by atoms with Crippen LogP contribution < -0.4 is 15.4 Å². The zero-order valence-corrected chi connectivity index (χ0v) is 19.8. The van der Waals surface area contributed by atoms with Crippen LogP contribution in [0.4, 0.5) is 11.6 Å². The summed E-state index contributed by atoms with van der Waals surface area (Å²) in [6, 6.07) is 23.0. The molecule has 1 atom stereocenters. The molecule has 2 heterocycles. The van der Waals surface area contributed by atoms with Crippen LogP contribution in [-0.4, -0.2) is 26.1 Å². The van der Waals surface area contributed by atoms with Gasteiger partial charge >= 0.3 is 0 Å². The van der Waals surface area contributed by atoms with E-state index in [2.05, 4.69) is 45.2 Å². The molecule has 0 saturated carbocycles. The molecule has 176 valence electrons. The molecule has 0 spiro atoms. The van der Waals surface area contributed by atoms with Gasteiger partial charge in [-0.2, -0.15) is 4.68 Å². The Balaban J connectivity index is 1.47. The summed E-state index contributed by atoms with van der Waals surface area (Å²) in [6.07, 6.45) is 0. The Labute approximate surface area is 203 Å². The Kier molecular flexibility index (Phi) is 6.01. The second kappa shape index (κ2) is 9.42. The number of aryl methyl sites for hydroxylation is 2. The number of ether oxygens (including phenoxy) is 1. The Hall–Kier alpha value is -4.46. The van der Waals surface area contributed by atoms with E-state index in [0.29, 0.717) is 29.6 Å². The summed E-state index contributed by atoms with van der Waals surface area (Å²) in [5.41, 5.74) is 6.15. The molecule has 35 heavy (non-hydrogen) atoms. The summed E-state index contributed by atoms with van der Waals surface area (Å²) in [5, 5.41) is 18.2. The van der Waals surface area contributed by atoms with Gasteiger partial charge in [0.25, 0.3) is 5.91 Å². The third kappa shape index (κ3) is 4.63. The van der Waals surface area contributed by atoms with Gasteiger partial charge in [-0.05, 0) is 77.7 Å². The van der Waals surface area contributed by atoms with E-state index in [-0.39, 0.29) is 5.91 Å². The van der Waals surface area contributed by atoms with Crippen molar-refractivity contribution in [1.82, 2.24) is 20.2 Å². The lowest BCUT2D eigenvalue weighted by Gasteiger charge is -2.28. The quantitative estimate of drug-likeness (QED) is 0.424. The molecule has 4 aromatic rings. The van der Waals surface area contributed by atoms with Crippen LogP contribution in [0.15, 0.2) is 84.1 Å². The van der Waals surface area contributed by atoms with E-state index >= 15 is 0 Å². The van der Waals surface area contributed by atoms with E-state index < -0.39 is 6.04 Å². The number of amides is 1. The van der Waals surface area contributed by atoms with Crippen molar-refractivity contribution >= 4 is 17.5 Å². The molecule has 0 radical (unpaired) electrons. The van der Waals surface area contributed by atoms with Crippen LogP contribution in [0.2, 0.25) is 0 Å². The van der Waals surface area contributed by atoms with Crippen molar-refractivity contribution in [2.45, 2.75) is 33.4 Å². The van der Waals surface area contributed by atoms with Gasteiger partial charge in [-0.25, -0.2) is 0 Å². The fourth-order valence-electron chi connectivity index (χ4n) is 4.24. The molecule has 8 nitrogen and oxygen atoms in total. The maximum absolute atomic E-state index is 13.5. The highest BCUT2D eigenvalue weighted by molar-refractivity contribution is 6.06. The first-order valence-electron chi connectivity index (χ1n) is 11.4. The first kappa shape index (κ1) is 22.3. The highest BCUT2D eigenvalue weighted by Crippen LogP contribution is 2.36. The number of rotatable bonds is 6. The zero-order valence-electron chi connectivity index (χ0n) is 19.8. The van der Waals surface area contributed by atoms with Crippen LogP contribution in [0, 0.1) is 13.8 Å². The van der Waals surface area contributed by atoms with Crippen LogP contribution in [-0.2, 0) is 11.4 Å². The Morgan fingerprint density at radius 3 is 2.69 bits per heavy atom. The molecule has 1 unspecified atom stereocenters. The SMILES string of the molecule is CC1=C(C(=O)Nc2cccc(C)c2)C(c2cccc(OCc3ccccc3C)c2)n2nnnc2N1. The number of anilines is 2. The maximum Gasteiger partial charge on any atom is 0.255 e. The van der Waals surface area contributed by atoms with Gasteiger partial charge < -0.3 is 15.4 Å². The number of benzene rings is 3. The molecule has 0 bridgehead atoms. The van der Waals surface area contributed by atoms with Crippen LogP contribution in [0.25, 0.3) is 0 Å². The van der Waals surface area contributed by atoms with Crippen LogP contribution in [0.3, 0.4) is 0 Å². The minimum atomic E-state index is -0.520. The maximum atomic E-state index is 13.5. The van der Waals surface area contributed by atoms with Crippen molar-refractivity contribution in [3.8, 4) is 5.75 Å². The van der Waals surface area contributed by atoms with E-state index in [0.717, 1.165) is 22.4 Å². The second-order valence-electron chi connectivity index (χ2n) is 8.62. The van der Waals surface area contributed by atoms with Gasteiger partial charge in [0.15, 0.2) is 0 Å². The average Bonchev–Trinajstić information content (AvgIpc) is 3.31. The number of allylic oxidation sites excluding steroid dienone is 1. The molecule has 1 aliphatic heterocycles. The van der Waals surface area contributed by atoms with E-state index in [1.54, 1.807) is 4.68 Å². The summed E-state index contributed by atoms with van der Waals surface area (Å²) < 4.78 is 7.74.